The molecule has 2 aromatic carbocycles. The van der Waals surface area contributed by atoms with Gasteiger partial charge in [-0.3, -0.25) is 0 Å². The van der Waals surface area contributed by atoms with Crippen LogP contribution in [0.3, 0.4) is 0 Å². The van der Waals surface area contributed by atoms with Crippen LogP contribution in [0, 0.1) is 0 Å². The van der Waals surface area contributed by atoms with Crippen molar-refractivity contribution in [2.45, 2.75) is 44.8 Å². The summed E-state index contributed by atoms with van der Waals surface area (Å²) >= 11 is 0. The topological polar surface area (TPSA) is 41.6 Å². The van der Waals surface area contributed by atoms with Gasteiger partial charge in [-0.25, -0.2) is 4.79 Å². The number of rotatable bonds is 5. The highest BCUT2D eigenvalue weighted by molar-refractivity contribution is 5.68. The number of likely N-dealkylation sites (tertiary alicyclic amines) is 1. The average molecular weight is 367 g/mol. The lowest BCUT2D eigenvalue weighted by atomic mass is 9.91. The second-order valence-corrected chi connectivity index (χ2v) is 8.27. The number of carbonyl (C=O) groups excluding carboxylic acids is 1. The molecule has 0 aliphatic carbocycles. The highest BCUT2D eigenvalue weighted by Crippen LogP contribution is 2.27. The Balaban J connectivity index is 1.63. The molecule has 1 amide bonds. The fourth-order valence-corrected chi connectivity index (χ4v) is 3.62. The van der Waals surface area contributed by atoms with Crippen LogP contribution in [0.4, 0.5) is 4.79 Å². The fraction of sp³-hybridized carbons (Fsp3) is 0.435. The van der Waals surface area contributed by atoms with E-state index >= 15 is 0 Å². The molecular weight excluding hydrogens is 336 g/mol. The molecule has 27 heavy (non-hydrogen) atoms. The van der Waals surface area contributed by atoms with Gasteiger partial charge in [0.15, 0.2) is 0 Å². The SMILES string of the molecule is CC(C)(C)OC(=O)NC1CCN(CC(c2ccccc2)c2ccccc2)C1. The number of carbonyl (C=O) groups is 1. The van der Waals surface area contributed by atoms with Crippen LogP contribution in [0.5, 0.6) is 0 Å². The van der Waals surface area contributed by atoms with E-state index in [1.807, 2.05) is 20.8 Å². The van der Waals surface area contributed by atoms with Gasteiger partial charge in [-0.2, -0.15) is 0 Å². The molecule has 0 bridgehead atoms. The number of hydrogen-bond acceptors (Lipinski definition) is 3. The maximum absolute atomic E-state index is 12.0. The maximum atomic E-state index is 12.0. The predicted molar refractivity (Wildman–Crippen MR) is 109 cm³/mol. The molecule has 1 unspecified atom stereocenters. The summed E-state index contributed by atoms with van der Waals surface area (Å²) < 4.78 is 5.39. The van der Waals surface area contributed by atoms with Crippen molar-refractivity contribution < 1.29 is 9.53 Å². The van der Waals surface area contributed by atoms with Crippen LogP contribution >= 0.6 is 0 Å². The molecule has 2 aromatic rings. The zero-order valence-corrected chi connectivity index (χ0v) is 16.5. The molecule has 1 atom stereocenters. The van der Waals surface area contributed by atoms with Crippen molar-refractivity contribution in [3.8, 4) is 0 Å². The first kappa shape index (κ1) is 19.4. The summed E-state index contributed by atoms with van der Waals surface area (Å²) in [5.41, 5.74) is 2.19. The zero-order chi connectivity index (χ0) is 19.3. The number of nitrogens with one attached hydrogen (secondary N) is 1. The third-order valence-corrected chi connectivity index (χ3v) is 4.84. The lowest BCUT2D eigenvalue weighted by molar-refractivity contribution is 0.0506. The van der Waals surface area contributed by atoms with Gasteiger partial charge in [0.25, 0.3) is 0 Å². The number of ether oxygens (including phenoxy) is 1. The minimum absolute atomic E-state index is 0.145. The summed E-state index contributed by atoms with van der Waals surface area (Å²) in [4.78, 5) is 14.5. The van der Waals surface area contributed by atoms with Crippen LogP contribution in [0.25, 0.3) is 0 Å². The molecule has 1 aliphatic rings. The van der Waals surface area contributed by atoms with E-state index in [1.54, 1.807) is 0 Å². The van der Waals surface area contributed by atoms with E-state index in [9.17, 15) is 4.79 Å². The zero-order valence-electron chi connectivity index (χ0n) is 16.5. The van der Waals surface area contributed by atoms with Crippen LogP contribution in [-0.4, -0.2) is 42.3 Å². The largest absolute Gasteiger partial charge is 0.444 e. The highest BCUT2D eigenvalue weighted by Gasteiger charge is 2.28. The van der Waals surface area contributed by atoms with Crippen molar-refractivity contribution in [2.24, 2.45) is 0 Å². The van der Waals surface area contributed by atoms with E-state index in [2.05, 4.69) is 70.9 Å². The van der Waals surface area contributed by atoms with Gasteiger partial charge in [0, 0.05) is 31.6 Å². The van der Waals surface area contributed by atoms with E-state index in [0.29, 0.717) is 5.92 Å². The second kappa shape index (κ2) is 8.57. The Morgan fingerprint density at radius 3 is 2.15 bits per heavy atom. The number of alkyl carbamates (subject to hydrolysis) is 1. The maximum Gasteiger partial charge on any atom is 0.407 e. The summed E-state index contributed by atoms with van der Waals surface area (Å²) in [6, 6.07) is 21.5. The van der Waals surface area contributed by atoms with E-state index in [1.165, 1.54) is 11.1 Å². The molecule has 0 aromatic heterocycles. The van der Waals surface area contributed by atoms with Crippen molar-refractivity contribution in [3.63, 3.8) is 0 Å². The van der Waals surface area contributed by atoms with Crippen LogP contribution in [-0.2, 0) is 4.74 Å². The Bertz CT molecular complexity index is 686. The second-order valence-electron chi connectivity index (χ2n) is 8.27. The smallest absolute Gasteiger partial charge is 0.407 e. The molecule has 144 valence electrons. The summed E-state index contributed by atoms with van der Waals surface area (Å²) in [7, 11) is 0. The minimum atomic E-state index is -0.464. The van der Waals surface area contributed by atoms with Gasteiger partial charge < -0.3 is 15.0 Å². The minimum Gasteiger partial charge on any atom is -0.444 e. The quantitative estimate of drug-likeness (QED) is 0.852. The van der Waals surface area contributed by atoms with Gasteiger partial charge >= 0.3 is 6.09 Å². The lowest BCUT2D eigenvalue weighted by Crippen LogP contribution is -2.41. The van der Waals surface area contributed by atoms with Gasteiger partial charge in [-0.05, 0) is 38.3 Å². The molecule has 0 spiro atoms. The van der Waals surface area contributed by atoms with Crippen LogP contribution in [0.1, 0.15) is 44.2 Å². The van der Waals surface area contributed by atoms with Gasteiger partial charge in [-0.15, -0.1) is 0 Å². The fourth-order valence-electron chi connectivity index (χ4n) is 3.62. The Hall–Kier alpha value is -2.33. The van der Waals surface area contributed by atoms with E-state index in [0.717, 1.165) is 26.1 Å². The van der Waals surface area contributed by atoms with Crippen molar-refractivity contribution in [3.05, 3.63) is 71.8 Å². The molecule has 4 nitrogen and oxygen atoms in total. The molecule has 3 rings (SSSR count). The normalized spacial score (nSPS) is 17.9. The Kier molecular flexibility index (Phi) is 6.17. The highest BCUT2D eigenvalue weighted by atomic mass is 16.6. The van der Waals surface area contributed by atoms with Gasteiger partial charge in [0.1, 0.15) is 5.60 Å². The summed E-state index contributed by atoms with van der Waals surface area (Å²) in [6.07, 6.45) is 0.632. The van der Waals surface area contributed by atoms with Crippen molar-refractivity contribution in [1.82, 2.24) is 10.2 Å². The number of nitrogens with zero attached hydrogens (tertiary/aromatic N) is 1. The van der Waals surface area contributed by atoms with Crippen LogP contribution in [0.15, 0.2) is 60.7 Å². The van der Waals surface area contributed by atoms with Crippen molar-refractivity contribution in [1.29, 1.82) is 0 Å². The molecule has 1 saturated heterocycles. The number of hydrogen-bond donors (Lipinski definition) is 1. The molecule has 1 fully saturated rings. The third-order valence-electron chi connectivity index (χ3n) is 4.84. The monoisotopic (exact) mass is 366 g/mol. The number of amides is 1. The standard InChI is InChI=1S/C23H30N2O2/c1-23(2,3)27-22(26)24-20-14-15-25(16-20)17-21(18-10-6-4-7-11-18)19-12-8-5-9-13-19/h4-13,20-21H,14-17H2,1-3H3,(H,24,26). The molecule has 0 saturated carbocycles. The molecule has 0 radical (unpaired) electrons. The van der Waals surface area contributed by atoms with Crippen molar-refractivity contribution in [2.75, 3.05) is 19.6 Å². The van der Waals surface area contributed by atoms with Crippen LogP contribution in [0.2, 0.25) is 0 Å². The van der Waals surface area contributed by atoms with E-state index < -0.39 is 5.60 Å². The molecule has 4 heteroatoms. The van der Waals surface area contributed by atoms with Gasteiger partial charge in [0.2, 0.25) is 0 Å². The first-order chi connectivity index (χ1) is 12.9. The molecule has 1 N–H and O–H groups in total. The molecule has 1 aliphatic heterocycles. The first-order valence-corrected chi connectivity index (χ1v) is 9.72. The van der Waals surface area contributed by atoms with Crippen molar-refractivity contribution >= 4 is 6.09 Å². The third kappa shape index (κ3) is 5.83. The van der Waals surface area contributed by atoms with E-state index in [4.69, 9.17) is 4.74 Å². The molecule has 1 heterocycles. The lowest BCUT2D eigenvalue weighted by Gasteiger charge is -2.25. The first-order valence-electron chi connectivity index (χ1n) is 9.72. The van der Waals surface area contributed by atoms with Gasteiger partial charge in [-0.1, -0.05) is 60.7 Å². The summed E-state index contributed by atoms with van der Waals surface area (Å²) in [5, 5.41) is 3.02. The summed E-state index contributed by atoms with van der Waals surface area (Å²) in [6.45, 7) is 8.44. The van der Waals surface area contributed by atoms with Gasteiger partial charge in [0.05, 0.1) is 0 Å². The Morgan fingerprint density at radius 2 is 1.63 bits per heavy atom. The summed E-state index contributed by atoms with van der Waals surface area (Å²) in [5.74, 6) is 0.327. The Labute approximate surface area is 162 Å². The Morgan fingerprint density at radius 1 is 1.07 bits per heavy atom. The van der Waals surface area contributed by atoms with Crippen LogP contribution < -0.4 is 5.32 Å². The molecular formula is C23H30N2O2. The average Bonchev–Trinajstić information content (AvgIpc) is 3.06. The van der Waals surface area contributed by atoms with E-state index in [-0.39, 0.29) is 12.1 Å². The predicted octanol–water partition coefficient (Wildman–Crippen LogP) is 4.42. The number of benzene rings is 2.